The van der Waals surface area contributed by atoms with Crippen molar-refractivity contribution in [2.75, 3.05) is 13.1 Å². The third-order valence-corrected chi connectivity index (χ3v) is 4.30. The predicted molar refractivity (Wildman–Crippen MR) is 69.4 cm³/mol. The molecule has 3 nitrogen and oxygen atoms in total. The summed E-state index contributed by atoms with van der Waals surface area (Å²) in [6.45, 7) is 9.54. The molecular formula is C11H20INO2. The summed E-state index contributed by atoms with van der Waals surface area (Å²) in [5.74, 6) is 0.562. The zero-order valence-corrected chi connectivity index (χ0v) is 12.1. The number of carbonyl (C=O) groups excluding carboxylic acids is 1. The van der Waals surface area contributed by atoms with E-state index < -0.39 is 0 Å². The van der Waals surface area contributed by atoms with E-state index in [2.05, 4.69) is 29.5 Å². The van der Waals surface area contributed by atoms with Gasteiger partial charge in [0.25, 0.3) is 0 Å². The van der Waals surface area contributed by atoms with Crippen LogP contribution in [0.5, 0.6) is 0 Å². The maximum absolute atomic E-state index is 11.8. The first-order valence-electron chi connectivity index (χ1n) is 5.41. The number of nitrogens with zero attached hydrogens (tertiary/aromatic N) is 1. The zero-order valence-electron chi connectivity index (χ0n) is 9.92. The fourth-order valence-electron chi connectivity index (χ4n) is 1.61. The number of halogens is 1. The third-order valence-electron chi connectivity index (χ3n) is 2.45. The highest BCUT2D eigenvalue weighted by molar-refractivity contribution is 14.1. The minimum atomic E-state index is -0.387. The number of hydrogen-bond donors (Lipinski definition) is 0. The van der Waals surface area contributed by atoms with Crippen LogP contribution in [0.2, 0.25) is 0 Å². The average Bonchev–Trinajstić information content (AvgIpc) is 2.06. The molecule has 0 unspecified atom stereocenters. The van der Waals surface area contributed by atoms with Crippen LogP contribution in [0.25, 0.3) is 0 Å². The van der Waals surface area contributed by atoms with Gasteiger partial charge in [-0.2, -0.15) is 0 Å². The van der Waals surface area contributed by atoms with Crippen molar-refractivity contribution in [3.8, 4) is 0 Å². The SMILES string of the molecule is C[C@@H]1CN(C(=O)OC(C)(C)C)CC[C@@H]1I. The van der Waals surface area contributed by atoms with Gasteiger partial charge in [0.2, 0.25) is 0 Å². The molecule has 1 heterocycles. The van der Waals surface area contributed by atoms with E-state index >= 15 is 0 Å². The quantitative estimate of drug-likeness (QED) is 0.506. The Kier molecular flexibility index (Phi) is 4.26. The number of rotatable bonds is 0. The Labute approximate surface area is 106 Å². The molecule has 1 aliphatic rings. The highest BCUT2D eigenvalue weighted by atomic mass is 127. The van der Waals surface area contributed by atoms with Crippen LogP contribution >= 0.6 is 22.6 Å². The molecule has 4 heteroatoms. The molecule has 0 saturated carbocycles. The third kappa shape index (κ3) is 4.17. The smallest absolute Gasteiger partial charge is 0.410 e. The summed E-state index contributed by atoms with van der Waals surface area (Å²) in [5, 5.41) is 0. The zero-order chi connectivity index (χ0) is 11.6. The molecule has 88 valence electrons. The van der Waals surface area contributed by atoms with Crippen molar-refractivity contribution >= 4 is 28.7 Å². The van der Waals surface area contributed by atoms with Gasteiger partial charge in [-0.3, -0.25) is 0 Å². The number of piperidine rings is 1. The minimum Gasteiger partial charge on any atom is -0.444 e. The first-order valence-corrected chi connectivity index (χ1v) is 6.66. The first-order chi connectivity index (χ1) is 6.79. The maximum Gasteiger partial charge on any atom is 0.410 e. The highest BCUT2D eigenvalue weighted by Gasteiger charge is 2.29. The lowest BCUT2D eigenvalue weighted by molar-refractivity contribution is 0.0184. The normalized spacial score (nSPS) is 27.7. The Hall–Kier alpha value is 0. The van der Waals surface area contributed by atoms with Gasteiger partial charge < -0.3 is 9.64 Å². The van der Waals surface area contributed by atoms with Crippen LogP contribution in [-0.4, -0.2) is 33.6 Å². The second-order valence-electron chi connectivity index (χ2n) is 5.21. The molecule has 0 bridgehead atoms. The average molecular weight is 325 g/mol. The van der Waals surface area contributed by atoms with Gasteiger partial charge in [-0.1, -0.05) is 29.5 Å². The van der Waals surface area contributed by atoms with E-state index in [1.165, 1.54) is 0 Å². The molecular weight excluding hydrogens is 305 g/mol. The van der Waals surface area contributed by atoms with Gasteiger partial charge in [0.1, 0.15) is 5.60 Å². The van der Waals surface area contributed by atoms with E-state index in [-0.39, 0.29) is 11.7 Å². The molecule has 0 spiro atoms. The molecule has 15 heavy (non-hydrogen) atoms. The fourth-order valence-corrected chi connectivity index (χ4v) is 2.12. The maximum atomic E-state index is 11.8. The highest BCUT2D eigenvalue weighted by Crippen LogP contribution is 2.24. The van der Waals surface area contributed by atoms with E-state index in [1.807, 2.05) is 25.7 Å². The Morgan fingerprint density at radius 1 is 1.47 bits per heavy atom. The molecule has 0 N–H and O–H groups in total. The summed E-state index contributed by atoms with van der Waals surface area (Å²) >= 11 is 2.47. The molecule has 0 radical (unpaired) electrons. The fraction of sp³-hybridized carbons (Fsp3) is 0.909. The molecule has 0 aromatic rings. The standard InChI is InChI=1S/C11H20INO2/c1-8-7-13(6-5-9(8)12)10(14)15-11(2,3)4/h8-9H,5-7H2,1-4H3/t8-,9+/m1/s1. The number of likely N-dealkylation sites (tertiary alicyclic amines) is 1. The Morgan fingerprint density at radius 3 is 2.53 bits per heavy atom. The summed E-state index contributed by atoms with van der Waals surface area (Å²) in [6.07, 6.45) is 0.902. The number of alkyl halides is 1. The Morgan fingerprint density at radius 2 is 2.07 bits per heavy atom. The van der Waals surface area contributed by atoms with Crippen LogP contribution in [0.15, 0.2) is 0 Å². The Bertz CT molecular complexity index is 237. The van der Waals surface area contributed by atoms with Crippen LogP contribution in [0.1, 0.15) is 34.1 Å². The van der Waals surface area contributed by atoms with Crippen LogP contribution in [-0.2, 0) is 4.74 Å². The van der Waals surface area contributed by atoms with E-state index in [1.54, 1.807) is 0 Å². The van der Waals surface area contributed by atoms with Crippen molar-refractivity contribution in [3.63, 3.8) is 0 Å². The summed E-state index contributed by atoms with van der Waals surface area (Å²) in [4.78, 5) is 13.6. The summed E-state index contributed by atoms with van der Waals surface area (Å²) in [7, 11) is 0. The first kappa shape index (κ1) is 13.1. The lowest BCUT2D eigenvalue weighted by Crippen LogP contribution is -2.45. The molecule has 1 aliphatic heterocycles. The summed E-state index contributed by atoms with van der Waals surface area (Å²) in [5.41, 5.74) is -0.387. The summed E-state index contributed by atoms with van der Waals surface area (Å²) in [6, 6.07) is 0. The van der Waals surface area contributed by atoms with E-state index in [0.29, 0.717) is 9.84 Å². The molecule has 2 atom stereocenters. The minimum absolute atomic E-state index is 0.169. The van der Waals surface area contributed by atoms with E-state index in [4.69, 9.17) is 4.74 Å². The predicted octanol–water partition coefficient (Wildman–Crippen LogP) is 3.07. The topological polar surface area (TPSA) is 29.5 Å². The van der Waals surface area contributed by atoms with E-state index in [0.717, 1.165) is 19.5 Å². The van der Waals surface area contributed by atoms with Crippen molar-refractivity contribution in [1.82, 2.24) is 4.90 Å². The monoisotopic (exact) mass is 325 g/mol. The van der Waals surface area contributed by atoms with Gasteiger partial charge in [0.15, 0.2) is 0 Å². The molecule has 1 fully saturated rings. The van der Waals surface area contributed by atoms with Gasteiger partial charge >= 0.3 is 6.09 Å². The molecule has 1 rings (SSSR count). The largest absolute Gasteiger partial charge is 0.444 e. The second kappa shape index (κ2) is 4.89. The van der Waals surface area contributed by atoms with Crippen LogP contribution in [0.3, 0.4) is 0 Å². The lowest BCUT2D eigenvalue weighted by Gasteiger charge is -2.35. The van der Waals surface area contributed by atoms with Crippen LogP contribution < -0.4 is 0 Å². The van der Waals surface area contributed by atoms with Gasteiger partial charge in [-0.15, -0.1) is 0 Å². The number of amides is 1. The Balaban J connectivity index is 2.48. The van der Waals surface area contributed by atoms with Crippen molar-refractivity contribution < 1.29 is 9.53 Å². The number of ether oxygens (including phenoxy) is 1. The number of hydrogen-bond acceptors (Lipinski definition) is 2. The summed E-state index contributed by atoms with van der Waals surface area (Å²) < 4.78 is 6.03. The van der Waals surface area contributed by atoms with Gasteiger partial charge in [0, 0.05) is 17.0 Å². The molecule has 1 saturated heterocycles. The van der Waals surface area contributed by atoms with Gasteiger partial charge in [0.05, 0.1) is 0 Å². The van der Waals surface area contributed by atoms with Crippen molar-refractivity contribution in [3.05, 3.63) is 0 Å². The van der Waals surface area contributed by atoms with Crippen molar-refractivity contribution in [1.29, 1.82) is 0 Å². The van der Waals surface area contributed by atoms with Crippen molar-refractivity contribution in [2.24, 2.45) is 5.92 Å². The number of carbonyl (C=O) groups is 1. The van der Waals surface area contributed by atoms with Crippen LogP contribution in [0, 0.1) is 5.92 Å². The second-order valence-corrected chi connectivity index (χ2v) is 6.81. The molecule has 0 aromatic heterocycles. The molecule has 0 aliphatic carbocycles. The van der Waals surface area contributed by atoms with Gasteiger partial charge in [-0.05, 0) is 33.1 Å². The lowest BCUT2D eigenvalue weighted by atomic mass is 10.0. The molecule has 0 aromatic carbocycles. The molecule has 1 amide bonds. The van der Waals surface area contributed by atoms with Crippen LogP contribution in [0.4, 0.5) is 4.79 Å². The van der Waals surface area contributed by atoms with Gasteiger partial charge in [-0.25, -0.2) is 4.79 Å². The van der Waals surface area contributed by atoms with E-state index in [9.17, 15) is 4.79 Å². The van der Waals surface area contributed by atoms with Crippen molar-refractivity contribution in [2.45, 2.75) is 43.6 Å².